The van der Waals surface area contributed by atoms with E-state index in [1.54, 1.807) is 18.2 Å². The minimum atomic E-state index is -3.79. The summed E-state index contributed by atoms with van der Waals surface area (Å²) < 4.78 is 31.9. The minimum Gasteiger partial charge on any atom is -0.497 e. The molecule has 0 radical (unpaired) electrons. The van der Waals surface area contributed by atoms with Crippen molar-refractivity contribution < 1.29 is 13.2 Å². The largest absolute Gasteiger partial charge is 0.497 e. The maximum Gasteiger partial charge on any atom is 0.263 e. The molecule has 2 aromatic carbocycles. The number of nitrogens with one attached hydrogen (secondary N) is 1. The first-order valence-corrected chi connectivity index (χ1v) is 7.51. The van der Waals surface area contributed by atoms with Crippen LogP contribution >= 0.6 is 11.6 Å². The number of hydrogen-bond donors (Lipinski definition) is 2. The SMILES string of the molecule is COc1ccc(NS(=O)(=O)c2ccccc2Cl)c(N)c1. The highest BCUT2D eigenvalue weighted by Gasteiger charge is 2.18. The van der Waals surface area contributed by atoms with E-state index < -0.39 is 10.0 Å². The van der Waals surface area contributed by atoms with E-state index in [-0.39, 0.29) is 21.3 Å². The Morgan fingerprint density at radius 1 is 1.20 bits per heavy atom. The molecule has 0 bridgehead atoms. The topological polar surface area (TPSA) is 81.4 Å². The van der Waals surface area contributed by atoms with Gasteiger partial charge in [-0.1, -0.05) is 23.7 Å². The highest BCUT2D eigenvalue weighted by atomic mass is 35.5. The second-order valence-corrected chi connectivity index (χ2v) is 6.05. The fraction of sp³-hybridized carbons (Fsp3) is 0.0769. The van der Waals surface area contributed by atoms with Crippen LogP contribution in [0.4, 0.5) is 11.4 Å². The number of nitrogen functional groups attached to an aromatic ring is 1. The molecule has 0 heterocycles. The van der Waals surface area contributed by atoms with Crippen LogP contribution in [-0.4, -0.2) is 15.5 Å². The van der Waals surface area contributed by atoms with E-state index in [4.69, 9.17) is 22.1 Å². The third-order valence-corrected chi connectivity index (χ3v) is 4.49. The van der Waals surface area contributed by atoms with Crippen LogP contribution in [0.25, 0.3) is 0 Å². The van der Waals surface area contributed by atoms with Crippen molar-refractivity contribution in [3.8, 4) is 5.75 Å². The third kappa shape index (κ3) is 2.97. The molecule has 0 aliphatic rings. The van der Waals surface area contributed by atoms with E-state index in [9.17, 15) is 8.42 Å². The molecule has 0 aliphatic carbocycles. The lowest BCUT2D eigenvalue weighted by atomic mass is 10.2. The molecule has 20 heavy (non-hydrogen) atoms. The third-order valence-electron chi connectivity index (χ3n) is 2.63. The van der Waals surface area contributed by atoms with Crippen LogP contribution in [0.1, 0.15) is 0 Å². The molecule has 0 saturated carbocycles. The molecule has 0 fully saturated rings. The van der Waals surface area contributed by atoms with Gasteiger partial charge in [-0.3, -0.25) is 4.72 Å². The van der Waals surface area contributed by atoms with E-state index in [1.165, 1.54) is 31.4 Å². The van der Waals surface area contributed by atoms with Crippen molar-refractivity contribution in [3.63, 3.8) is 0 Å². The quantitative estimate of drug-likeness (QED) is 0.851. The Morgan fingerprint density at radius 2 is 1.90 bits per heavy atom. The zero-order valence-corrected chi connectivity index (χ0v) is 12.2. The maximum absolute atomic E-state index is 12.2. The van der Waals surface area contributed by atoms with Crippen LogP contribution in [0.2, 0.25) is 5.02 Å². The monoisotopic (exact) mass is 312 g/mol. The van der Waals surface area contributed by atoms with Gasteiger partial charge in [0.15, 0.2) is 0 Å². The Kier molecular flexibility index (Phi) is 4.06. The predicted octanol–water partition coefficient (Wildman–Crippen LogP) is 2.73. The van der Waals surface area contributed by atoms with Gasteiger partial charge < -0.3 is 10.5 Å². The summed E-state index contributed by atoms with van der Waals surface area (Å²) in [6.07, 6.45) is 0. The first-order valence-electron chi connectivity index (χ1n) is 5.65. The normalized spacial score (nSPS) is 11.1. The molecule has 0 amide bonds. The minimum absolute atomic E-state index is 0.00288. The molecule has 0 aromatic heterocycles. The van der Waals surface area contributed by atoms with Crippen molar-refractivity contribution in [1.82, 2.24) is 0 Å². The summed E-state index contributed by atoms with van der Waals surface area (Å²) in [6.45, 7) is 0. The first kappa shape index (κ1) is 14.5. The van der Waals surface area contributed by atoms with Gasteiger partial charge in [0.2, 0.25) is 0 Å². The van der Waals surface area contributed by atoms with E-state index in [0.717, 1.165) is 0 Å². The highest BCUT2D eigenvalue weighted by molar-refractivity contribution is 7.92. The maximum atomic E-state index is 12.2. The van der Waals surface area contributed by atoms with Gasteiger partial charge in [-0.25, -0.2) is 8.42 Å². The van der Waals surface area contributed by atoms with Crippen molar-refractivity contribution in [2.75, 3.05) is 17.6 Å². The Labute approximate surface area is 122 Å². The summed E-state index contributed by atoms with van der Waals surface area (Å²) in [5, 5.41) is 0.145. The lowest BCUT2D eigenvalue weighted by Crippen LogP contribution is -2.14. The molecular weight excluding hydrogens is 300 g/mol. The van der Waals surface area contributed by atoms with Crippen LogP contribution in [0.3, 0.4) is 0 Å². The van der Waals surface area contributed by atoms with Crippen molar-refractivity contribution in [1.29, 1.82) is 0 Å². The number of ether oxygens (including phenoxy) is 1. The Bertz CT molecular complexity index is 732. The van der Waals surface area contributed by atoms with Gasteiger partial charge in [0.1, 0.15) is 10.6 Å². The summed E-state index contributed by atoms with van der Waals surface area (Å²) in [7, 11) is -2.29. The van der Waals surface area contributed by atoms with Gasteiger partial charge in [0.05, 0.1) is 23.5 Å². The lowest BCUT2D eigenvalue weighted by Gasteiger charge is -2.12. The smallest absolute Gasteiger partial charge is 0.263 e. The zero-order chi connectivity index (χ0) is 14.8. The molecule has 7 heteroatoms. The fourth-order valence-corrected chi connectivity index (χ4v) is 3.23. The number of anilines is 2. The molecule has 5 nitrogen and oxygen atoms in total. The van der Waals surface area contributed by atoms with Crippen LogP contribution in [0, 0.1) is 0 Å². The average molecular weight is 313 g/mol. The zero-order valence-electron chi connectivity index (χ0n) is 10.6. The number of methoxy groups -OCH3 is 1. The van der Waals surface area contributed by atoms with Gasteiger partial charge in [-0.05, 0) is 24.3 Å². The Hall–Kier alpha value is -1.92. The molecule has 2 aromatic rings. The molecular formula is C13H13ClN2O3S. The van der Waals surface area contributed by atoms with E-state index in [2.05, 4.69) is 4.72 Å². The second kappa shape index (κ2) is 5.60. The summed E-state index contributed by atoms with van der Waals surface area (Å²) in [6, 6.07) is 10.9. The summed E-state index contributed by atoms with van der Waals surface area (Å²) in [5.41, 5.74) is 6.31. The van der Waals surface area contributed by atoms with Gasteiger partial charge >= 0.3 is 0 Å². The molecule has 3 N–H and O–H groups in total. The summed E-state index contributed by atoms with van der Waals surface area (Å²) >= 11 is 5.89. The number of sulfonamides is 1. The van der Waals surface area contributed by atoms with Gasteiger partial charge in [-0.2, -0.15) is 0 Å². The van der Waals surface area contributed by atoms with E-state index in [1.807, 2.05) is 0 Å². The Morgan fingerprint density at radius 3 is 2.50 bits per heavy atom. The van der Waals surface area contributed by atoms with E-state index in [0.29, 0.717) is 5.75 Å². The van der Waals surface area contributed by atoms with Crippen LogP contribution < -0.4 is 15.2 Å². The highest BCUT2D eigenvalue weighted by Crippen LogP contribution is 2.28. The molecule has 2 rings (SSSR count). The standard InChI is InChI=1S/C13H13ClN2O3S/c1-19-9-6-7-12(11(15)8-9)16-20(17,18)13-5-3-2-4-10(13)14/h2-8,16H,15H2,1H3. The van der Waals surface area contributed by atoms with Gasteiger partial charge in [0, 0.05) is 6.07 Å². The molecule has 0 saturated heterocycles. The average Bonchev–Trinajstić information content (AvgIpc) is 2.41. The molecule has 0 aliphatic heterocycles. The Balaban J connectivity index is 2.36. The van der Waals surface area contributed by atoms with Crippen LogP contribution in [0.15, 0.2) is 47.4 Å². The number of nitrogens with two attached hydrogens (primary N) is 1. The molecule has 106 valence electrons. The fourth-order valence-electron chi connectivity index (χ4n) is 1.62. The summed E-state index contributed by atoms with van der Waals surface area (Å²) in [5.74, 6) is 0.545. The molecule has 0 atom stereocenters. The number of halogens is 1. The van der Waals surface area contributed by atoms with Gasteiger partial charge in [0.25, 0.3) is 10.0 Å². The summed E-state index contributed by atoms with van der Waals surface area (Å²) in [4.78, 5) is -0.00288. The van der Waals surface area contributed by atoms with Crippen molar-refractivity contribution in [2.45, 2.75) is 4.90 Å². The van der Waals surface area contributed by atoms with Crippen molar-refractivity contribution in [3.05, 3.63) is 47.5 Å². The number of hydrogen-bond acceptors (Lipinski definition) is 4. The van der Waals surface area contributed by atoms with Crippen LogP contribution in [0.5, 0.6) is 5.75 Å². The van der Waals surface area contributed by atoms with E-state index >= 15 is 0 Å². The molecule has 0 spiro atoms. The van der Waals surface area contributed by atoms with Crippen LogP contribution in [-0.2, 0) is 10.0 Å². The lowest BCUT2D eigenvalue weighted by molar-refractivity contribution is 0.415. The first-order chi connectivity index (χ1) is 9.44. The number of benzene rings is 2. The van der Waals surface area contributed by atoms with Crippen molar-refractivity contribution >= 4 is 33.0 Å². The molecule has 0 unspecified atom stereocenters. The number of rotatable bonds is 4. The predicted molar refractivity (Wildman–Crippen MR) is 79.7 cm³/mol. The van der Waals surface area contributed by atoms with Crippen molar-refractivity contribution in [2.24, 2.45) is 0 Å². The van der Waals surface area contributed by atoms with Gasteiger partial charge in [-0.15, -0.1) is 0 Å². The second-order valence-electron chi connectivity index (χ2n) is 3.99.